The lowest BCUT2D eigenvalue weighted by Gasteiger charge is -2.32. The van der Waals surface area contributed by atoms with E-state index in [0.717, 1.165) is 67.9 Å². The highest BCUT2D eigenvalue weighted by atomic mass is 16.5. The SMILES string of the molecule is Cc1cc(C)cc(-c2cc(-c3ccc(Nc4ccccc4O)cc3)nc(-c3ccc(N4c5ccccc5Oc5ccccc54)cc3)c2)c1. The predicted octanol–water partition coefficient (Wildman–Crippen LogP) is 11.7. The molecule has 0 saturated carbocycles. The van der Waals surface area contributed by atoms with Crippen LogP contribution in [0.3, 0.4) is 0 Å². The first-order valence-corrected chi connectivity index (χ1v) is 16.0. The van der Waals surface area contributed by atoms with Gasteiger partial charge in [-0.3, -0.25) is 0 Å². The quantitative estimate of drug-likeness (QED) is 0.181. The minimum Gasteiger partial charge on any atom is -0.506 e. The molecule has 0 aliphatic carbocycles. The molecule has 5 heteroatoms. The lowest BCUT2D eigenvalue weighted by Crippen LogP contribution is -2.15. The summed E-state index contributed by atoms with van der Waals surface area (Å²) < 4.78 is 6.22. The molecule has 0 saturated heterocycles. The zero-order chi connectivity index (χ0) is 32.6. The fourth-order valence-corrected chi connectivity index (χ4v) is 6.36. The molecule has 232 valence electrons. The van der Waals surface area contributed by atoms with Crippen LogP contribution >= 0.6 is 0 Å². The van der Waals surface area contributed by atoms with Gasteiger partial charge in [0.05, 0.1) is 28.5 Å². The van der Waals surface area contributed by atoms with Gasteiger partial charge in [-0.25, -0.2) is 4.98 Å². The van der Waals surface area contributed by atoms with Crippen LogP contribution in [-0.4, -0.2) is 10.1 Å². The van der Waals surface area contributed by atoms with Crippen molar-refractivity contribution in [3.63, 3.8) is 0 Å². The first kappa shape index (κ1) is 29.1. The van der Waals surface area contributed by atoms with E-state index in [9.17, 15) is 5.11 Å². The molecule has 0 unspecified atom stereocenters. The number of ether oxygens (including phenoxy) is 1. The molecule has 0 atom stereocenters. The van der Waals surface area contributed by atoms with Crippen molar-refractivity contribution < 1.29 is 9.84 Å². The molecule has 1 aliphatic rings. The molecule has 1 aliphatic heterocycles. The highest BCUT2D eigenvalue weighted by molar-refractivity contribution is 5.87. The summed E-state index contributed by atoms with van der Waals surface area (Å²) >= 11 is 0. The van der Waals surface area contributed by atoms with E-state index >= 15 is 0 Å². The van der Waals surface area contributed by atoms with Crippen LogP contribution in [0.2, 0.25) is 0 Å². The average Bonchev–Trinajstić information content (AvgIpc) is 3.11. The van der Waals surface area contributed by atoms with Gasteiger partial charge in [0.1, 0.15) is 5.75 Å². The molecule has 0 radical (unpaired) electrons. The number of phenolic OH excluding ortho intramolecular Hbond substituents is 1. The van der Waals surface area contributed by atoms with Gasteiger partial charge < -0.3 is 20.1 Å². The van der Waals surface area contributed by atoms with Crippen molar-refractivity contribution in [2.75, 3.05) is 10.2 Å². The third-order valence-corrected chi connectivity index (χ3v) is 8.60. The highest BCUT2D eigenvalue weighted by Crippen LogP contribution is 2.50. The van der Waals surface area contributed by atoms with Crippen molar-refractivity contribution in [1.29, 1.82) is 0 Å². The van der Waals surface area contributed by atoms with Gasteiger partial charge in [0.15, 0.2) is 11.5 Å². The molecule has 2 heterocycles. The third-order valence-electron chi connectivity index (χ3n) is 8.60. The van der Waals surface area contributed by atoms with Crippen LogP contribution in [-0.2, 0) is 0 Å². The van der Waals surface area contributed by atoms with E-state index in [1.807, 2.05) is 66.7 Å². The van der Waals surface area contributed by atoms with Crippen molar-refractivity contribution in [1.82, 2.24) is 4.98 Å². The van der Waals surface area contributed by atoms with Gasteiger partial charge in [-0.05, 0) is 97.8 Å². The normalized spacial score (nSPS) is 11.8. The number of rotatable bonds is 6. The molecule has 1 aromatic heterocycles. The summed E-state index contributed by atoms with van der Waals surface area (Å²) in [5, 5.41) is 13.5. The van der Waals surface area contributed by atoms with E-state index < -0.39 is 0 Å². The molecule has 48 heavy (non-hydrogen) atoms. The first-order valence-electron chi connectivity index (χ1n) is 16.0. The molecule has 7 aromatic rings. The third kappa shape index (κ3) is 5.63. The largest absolute Gasteiger partial charge is 0.506 e. The lowest BCUT2D eigenvalue weighted by molar-refractivity contribution is 0.477. The Hall–Kier alpha value is -6.33. The maximum Gasteiger partial charge on any atom is 0.151 e. The number of para-hydroxylation sites is 6. The van der Waals surface area contributed by atoms with Crippen molar-refractivity contribution >= 4 is 28.4 Å². The Labute approximate surface area is 280 Å². The summed E-state index contributed by atoms with van der Waals surface area (Å²) in [4.78, 5) is 7.44. The van der Waals surface area contributed by atoms with E-state index in [2.05, 4.69) is 103 Å². The van der Waals surface area contributed by atoms with Gasteiger partial charge in [0.25, 0.3) is 0 Å². The number of phenols is 1. The average molecular weight is 624 g/mol. The standard InChI is InChI=1S/C43H33N3O2/c1-28-23-29(2)25-32(24-28)33-26-37(30-15-19-34(20-16-30)44-36-9-3-6-12-41(36)47)45-38(27-33)31-17-21-35(22-18-31)46-39-10-4-7-13-42(39)48-43-14-8-5-11-40(43)46/h3-27,44,47H,1-2H3. The zero-order valence-corrected chi connectivity index (χ0v) is 26.7. The molecule has 5 nitrogen and oxygen atoms in total. The number of fused-ring (bicyclic) bond motifs is 2. The van der Waals surface area contributed by atoms with E-state index in [0.29, 0.717) is 5.69 Å². The monoisotopic (exact) mass is 623 g/mol. The van der Waals surface area contributed by atoms with E-state index in [1.54, 1.807) is 6.07 Å². The molecular formula is C43H33N3O2. The topological polar surface area (TPSA) is 57.6 Å². The number of nitrogens with zero attached hydrogens (tertiary/aromatic N) is 2. The van der Waals surface area contributed by atoms with Gasteiger partial charge in [0, 0.05) is 22.5 Å². The molecule has 8 rings (SSSR count). The molecule has 2 N–H and O–H groups in total. The number of hydrogen-bond acceptors (Lipinski definition) is 5. The number of aromatic hydroxyl groups is 1. The Balaban J connectivity index is 1.18. The van der Waals surface area contributed by atoms with Gasteiger partial charge in [-0.2, -0.15) is 0 Å². The molecular weight excluding hydrogens is 590 g/mol. The number of aryl methyl sites for hydroxylation is 2. The Kier molecular flexibility index (Phi) is 7.35. The molecule has 0 bridgehead atoms. The number of pyridine rings is 1. The van der Waals surface area contributed by atoms with Gasteiger partial charge in [-0.1, -0.05) is 90.0 Å². The highest BCUT2D eigenvalue weighted by Gasteiger charge is 2.25. The van der Waals surface area contributed by atoms with Crippen LogP contribution in [0.1, 0.15) is 11.1 Å². The zero-order valence-electron chi connectivity index (χ0n) is 26.7. The number of nitrogens with one attached hydrogen (secondary N) is 1. The van der Waals surface area contributed by atoms with Crippen LogP contribution in [0.25, 0.3) is 33.6 Å². The number of anilines is 5. The van der Waals surface area contributed by atoms with Gasteiger partial charge in [0.2, 0.25) is 0 Å². The van der Waals surface area contributed by atoms with Crippen LogP contribution < -0.4 is 15.0 Å². The predicted molar refractivity (Wildman–Crippen MR) is 196 cm³/mol. The smallest absolute Gasteiger partial charge is 0.151 e. The molecule has 0 amide bonds. The summed E-state index contributed by atoms with van der Waals surface area (Å²) in [5.74, 6) is 1.87. The lowest BCUT2D eigenvalue weighted by atomic mass is 9.97. The van der Waals surface area contributed by atoms with E-state index in [1.165, 1.54) is 11.1 Å². The number of aromatic nitrogens is 1. The van der Waals surface area contributed by atoms with Crippen LogP contribution in [0.15, 0.2) is 152 Å². The minimum absolute atomic E-state index is 0.210. The minimum atomic E-state index is 0.210. The molecule has 6 aromatic carbocycles. The van der Waals surface area contributed by atoms with Crippen LogP contribution in [0.4, 0.5) is 28.4 Å². The Bertz CT molecular complexity index is 2210. The molecule has 0 fully saturated rings. The van der Waals surface area contributed by atoms with Gasteiger partial charge in [-0.15, -0.1) is 0 Å². The number of hydrogen-bond donors (Lipinski definition) is 2. The first-order chi connectivity index (χ1) is 23.5. The second kappa shape index (κ2) is 12.1. The van der Waals surface area contributed by atoms with Crippen LogP contribution in [0, 0.1) is 13.8 Å². The Morgan fingerprint density at radius 2 is 1.06 bits per heavy atom. The summed E-state index contributed by atoms with van der Waals surface area (Å²) in [6, 6.07) is 51.2. The van der Waals surface area contributed by atoms with Crippen molar-refractivity contribution in [3.8, 4) is 50.9 Å². The maximum absolute atomic E-state index is 10.2. The Morgan fingerprint density at radius 3 is 1.67 bits per heavy atom. The Morgan fingerprint density at radius 1 is 0.542 bits per heavy atom. The number of benzene rings is 6. The van der Waals surface area contributed by atoms with Crippen molar-refractivity contribution in [2.45, 2.75) is 13.8 Å². The van der Waals surface area contributed by atoms with Crippen molar-refractivity contribution in [2.24, 2.45) is 0 Å². The second-order valence-corrected chi connectivity index (χ2v) is 12.1. The van der Waals surface area contributed by atoms with E-state index in [4.69, 9.17) is 9.72 Å². The second-order valence-electron chi connectivity index (χ2n) is 12.1. The summed E-state index contributed by atoms with van der Waals surface area (Å²) in [7, 11) is 0. The molecule has 0 spiro atoms. The summed E-state index contributed by atoms with van der Waals surface area (Å²) in [5.41, 5.74) is 13.1. The van der Waals surface area contributed by atoms with Crippen molar-refractivity contribution in [3.05, 3.63) is 163 Å². The van der Waals surface area contributed by atoms with E-state index in [-0.39, 0.29) is 5.75 Å². The van der Waals surface area contributed by atoms with Gasteiger partial charge >= 0.3 is 0 Å². The maximum atomic E-state index is 10.2. The fourth-order valence-electron chi connectivity index (χ4n) is 6.36. The summed E-state index contributed by atoms with van der Waals surface area (Å²) in [6.07, 6.45) is 0. The fraction of sp³-hybridized carbons (Fsp3) is 0.0465. The van der Waals surface area contributed by atoms with Crippen LogP contribution in [0.5, 0.6) is 17.2 Å². The summed E-state index contributed by atoms with van der Waals surface area (Å²) in [6.45, 7) is 4.27.